The van der Waals surface area contributed by atoms with E-state index in [9.17, 15) is 8.63 Å². The number of allylic oxidation sites excluding steroid dienone is 2. The third-order valence-corrected chi connectivity index (χ3v) is 3.22. The van der Waals surface area contributed by atoms with Crippen LogP contribution in [0.25, 0.3) is 6.08 Å². The Balaban J connectivity index is 2.36. The molecule has 2 aliphatic heterocycles. The Labute approximate surface area is 92.3 Å². The summed E-state index contributed by atoms with van der Waals surface area (Å²) in [6, 6.07) is 3.46. The molecular weight excluding hydrogens is 209 g/mol. The summed E-state index contributed by atoms with van der Waals surface area (Å²) in [5.74, 6) is 0. The maximum absolute atomic E-state index is 14.3. The van der Waals surface area contributed by atoms with E-state index in [1.807, 2.05) is 0 Å². The molecule has 2 aliphatic rings. The largest absolute Gasteiger partial charge is 0.737 e. The maximum Gasteiger partial charge on any atom is 0.737 e. The average molecular weight is 220 g/mol. The summed E-state index contributed by atoms with van der Waals surface area (Å²) in [5.41, 5.74) is 2.34. The third kappa shape index (κ3) is 0.978. The molecule has 1 aromatic heterocycles. The number of rotatable bonds is 0. The first-order valence-corrected chi connectivity index (χ1v) is 5.25. The Morgan fingerprint density at radius 1 is 1.19 bits per heavy atom. The fourth-order valence-corrected chi connectivity index (χ4v) is 2.49. The molecule has 0 radical (unpaired) electrons. The van der Waals surface area contributed by atoms with E-state index in [4.69, 9.17) is 0 Å². The van der Waals surface area contributed by atoms with Gasteiger partial charge in [0.1, 0.15) is 5.71 Å². The minimum atomic E-state index is -3.73. The van der Waals surface area contributed by atoms with E-state index in [1.54, 1.807) is 44.2 Å². The molecule has 0 saturated heterocycles. The van der Waals surface area contributed by atoms with Crippen LogP contribution in [0.15, 0.2) is 30.0 Å². The molecule has 0 aliphatic carbocycles. The number of nitrogens with zero attached hydrogens (tertiary/aromatic N) is 2. The van der Waals surface area contributed by atoms with Crippen molar-refractivity contribution in [2.24, 2.45) is 0 Å². The predicted octanol–water partition coefficient (Wildman–Crippen LogP) is 2.42. The fraction of sp³-hybridized carbons (Fsp3) is 0.182. The van der Waals surface area contributed by atoms with E-state index in [-0.39, 0.29) is 0 Å². The van der Waals surface area contributed by atoms with Crippen LogP contribution < -0.4 is 0 Å². The first-order valence-electron chi connectivity index (χ1n) is 5.25. The van der Waals surface area contributed by atoms with Gasteiger partial charge in [0, 0.05) is 30.8 Å². The Kier molecular flexibility index (Phi) is 1.63. The summed E-state index contributed by atoms with van der Waals surface area (Å²) < 4.78 is 30.9. The van der Waals surface area contributed by atoms with Crippen LogP contribution in [-0.4, -0.2) is 21.6 Å². The van der Waals surface area contributed by atoms with Crippen LogP contribution in [0.3, 0.4) is 0 Å². The average Bonchev–Trinajstić information content (AvgIpc) is 2.72. The Morgan fingerprint density at radius 3 is 2.69 bits per heavy atom. The summed E-state index contributed by atoms with van der Waals surface area (Å²) in [4.78, 5) is 0. The minimum Gasteiger partial charge on any atom is -0.394 e. The van der Waals surface area contributed by atoms with Crippen LogP contribution in [0.4, 0.5) is 8.63 Å². The molecule has 0 aromatic carbocycles. The van der Waals surface area contributed by atoms with Gasteiger partial charge < -0.3 is 17.6 Å². The number of aryl methyl sites for hydroxylation is 1. The lowest BCUT2D eigenvalue weighted by molar-refractivity contribution is -0.361. The summed E-state index contributed by atoms with van der Waals surface area (Å²) in [7, 11) is 0. The summed E-state index contributed by atoms with van der Waals surface area (Å²) in [6.45, 7) is -0.323. The van der Waals surface area contributed by atoms with Crippen LogP contribution in [0.2, 0.25) is 0 Å². The Hall–Kier alpha value is -1.65. The van der Waals surface area contributed by atoms with E-state index in [2.05, 4.69) is 0 Å². The van der Waals surface area contributed by atoms with Gasteiger partial charge in [0.25, 0.3) is 0 Å². The van der Waals surface area contributed by atoms with Gasteiger partial charge >= 0.3 is 6.97 Å². The Bertz CT molecular complexity index is 579. The smallest absolute Gasteiger partial charge is 0.394 e. The van der Waals surface area contributed by atoms with Crippen molar-refractivity contribution in [1.82, 2.24) is 4.48 Å². The highest BCUT2D eigenvalue weighted by molar-refractivity contribution is 6.58. The third-order valence-electron chi connectivity index (χ3n) is 3.22. The summed E-state index contributed by atoms with van der Waals surface area (Å²) >= 11 is 0. The first kappa shape index (κ1) is 9.57. The number of halogens is 2. The van der Waals surface area contributed by atoms with Gasteiger partial charge in [-0.1, -0.05) is 0 Å². The van der Waals surface area contributed by atoms with Crippen LogP contribution in [0.1, 0.15) is 18.3 Å². The van der Waals surface area contributed by atoms with Crippen molar-refractivity contribution in [2.45, 2.75) is 13.8 Å². The molecule has 0 N–H and O–H groups in total. The number of aromatic nitrogens is 1. The second-order valence-corrected chi connectivity index (χ2v) is 4.27. The van der Waals surface area contributed by atoms with Gasteiger partial charge in [-0.05, 0) is 24.8 Å². The second kappa shape index (κ2) is 2.72. The highest BCUT2D eigenvalue weighted by Gasteiger charge is 2.51. The molecule has 1 aromatic rings. The highest BCUT2D eigenvalue weighted by atomic mass is 19.2. The lowest BCUT2D eigenvalue weighted by Gasteiger charge is -2.29. The number of fused-ring (bicyclic) bond motifs is 2. The van der Waals surface area contributed by atoms with Crippen LogP contribution in [0.5, 0.6) is 0 Å². The molecule has 3 heterocycles. The van der Waals surface area contributed by atoms with Gasteiger partial charge in [-0.2, -0.15) is 0 Å². The molecule has 16 heavy (non-hydrogen) atoms. The van der Waals surface area contributed by atoms with Gasteiger partial charge in [0.2, 0.25) is 0 Å². The Morgan fingerprint density at radius 2 is 1.94 bits per heavy atom. The van der Waals surface area contributed by atoms with E-state index in [0.29, 0.717) is 22.8 Å². The lowest BCUT2D eigenvalue weighted by Crippen LogP contribution is -2.50. The molecule has 0 bridgehead atoms. The van der Waals surface area contributed by atoms with E-state index < -0.39 is 6.97 Å². The van der Waals surface area contributed by atoms with Crippen molar-refractivity contribution in [3.8, 4) is 0 Å². The molecular formula is C11H11BF2N2. The summed E-state index contributed by atoms with van der Waals surface area (Å²) in [6.07, 6.45) is 5.25. The van der Waals surface area contributed by atoms with Crippen molar-refractivity contribution in [2.75, 3.05) is 0 Å². The van der Waals surface area contributed by atoms with Gasteiger partial charge in [0.15, 0.2) is 5.70 Å². The normalized spacial score (nSPS) is 20.9. The zero-order valence-corrected chi connectivity index (χ0v) is 9.11. The number of hydrogen-bond acceptors (Lipinski definition) is 0. The van der Waals surface area contributed by atoms with Crippen LogP contribution in [-0.2, 0) is 0 Å². The molecule has 0 unspecified atom stereocenters. The molecule has 0 fully saturated rings. The van der Waals surface area contributed by atoms with Gasteiger partial charge in [-0.15, -0.1) is 0 Å². The van der Waals surface area contributed by atoms with Crippen molar-refractivity contribution >= 4 is 18.8 Å². The summed E-state index contributed by atoms with van der Waals surface area (Å²) in [5, 5.41) is 0. The lowest BCUT2D eigenvalue weighted by atomic mass is 9.91. The van der Waals surface area contributed by atoms with Gasteiger partial charge in [0.05, 0.1) is 0 Å². The van der Waals surface area contributed by atoms with Crippen molar-refractivity contribution in [1.29, 1.82) is 0 Å². The zero-order valence-electron chi connectivity index (χ0n) is 9.11. The molecule has 2 nitrogen and oxygen atoms in total. The molecule has 0 atom stereocenters. The van der Waals surface area contributed by atoms with Crippen molar-refractivity contribution < 1.29 is 13.1 Å². The van der Waals surface area contributed by atoms with Crippen molar-refractivity contribution in [3.63, 3.8) is 0 Å². The highest BCUT2D eigenvalue weighted by Crippen LogP contribution is 2.31. The molecule has 0 amide bonds. The monoisotopic (exact) mass is 220 g/mol. The number of hydrogen-bond donors (Lipinski definition) is 0. The van der Waals surface area contributed by atoms with Gasteiger partial charge in [-0.3, -0.25) is 0 Å². The molecule has 5 heteroatoms. The van der Waals surface area contributed by atoms with E-state index >= 15 is 0 Å². The quantitative estimate of drug-likeness (QED) is 0.593. The van der Waals surface area contributed by atoms with Crippen LogP contribution in [0, 0.1) is 6.92 Å². The predicted molar refractivity (Wildman–Crippen MR) is 60.6 cm³/mol. The first-order chi connectivity index (χ1) is 7.51. The fourth-order valence-electron chi connectivity index (χ4n) is 2.49. The van der Waals surface area contributed by atoms with Crippen LogP contribution >= 0.6 is 0 Å². The second-order valence-electron chi connectivity index (χ2n) is 4.27. The molecule has 82 valence electrons. The van der Waals surface area contributed by atoms with E-state index in [0.717, 1.165) is 8.96 Å². The minimum absolute atomic E-state index is 0.577. The molecule has 3 rings (SSSR count). The zero-order chi connectivity index (χ0) is 11.5. The molecule has 0 saturated carbocycles. The topological polar surface area (TPSA) is 7.94 Å². The maximum atomic E-state index is 14.3. The van der Waals surface area contributed by atoms with Crippen molar-refractivity contribution in [3.05, 3.63) is 41.4 Å². The van der Waals surface area contributed by atoms with E-state index in [1.165, 1.54) is 0 Å². The SMILES string of the molecule is CC1=[N+]2C(=Cc3ccc(C)n3[B-]2(F)F)C=C1. The standard InChI is InChI=1S/C11H11BF2N2/c1-8-3-5-10-7-11-6-4-9(2)16(11)12(13,14)15(8)10/h3-7H,1-2H3. The molecule has 0 spiro atoms. The van der Waals surface area contributed by atoms with Gasteiger partial charge in [-0.25, -0.2) is 0 Å².